The maximum absolute atomic E-state index is 12.4. The lowest BCUT2D eigenvalue weighted by molar-refractivity contribution is -0.897. The van der Waals surface area contributed by atoms with Gasteiger partial charge < -0.3 is 20.3 Å². The summed E-state index contributed by atoms with van der Waals surface area (Å²) in [5.74, 6) is -0.352. The Hall–Kier alpha value is -3.19. The summed E-state index contributed by atoms with van der Waals surface area (Å²) >= 11 is 0. The van der Waals surface area contributed by atoms with Gasteiger partial charge in [0, 0.05) is 31.0 Å². The largest absolute Gasteiger partial charge is 0.465 e. The first-order chi connectivity index (χ1) is 14.5. The van der Waals surface area contributed by atoms with Crippen LogP contribution in [0.3, 0.4) is 0 Å². The maximum atomic E-state index is 12.4. The molecule has 158 valence electrons. The van der Waals surface area contributed by atoms with Crippen LogP contribution in [0.25, 0.3) is 0 Å². The summed E-state index contributed by atoms with van der Waals surface area (Å²) in [6.45, 7) is 2.41. The third-order valence-corrected chi connectivity index (χ3v) is 5.38. The number of para-hydroxylation sites is 1. The summed E-state index contributed by atoms with van der Waals surface area (Å²) in [5, 5.41) is 5.88. The molecule has 7 nitrogen and oxygen atoms in total. The van der Waals surface area contributed by atoms with E-state index in [0.29, 0.717) is 18.7 Å². The lowest BCUT2D eigenvalue weighted by Crippen LogP contribution is -3.14. The molecule has 1 aliphatic heterocycles. The van der Waals surface area contributed by atoms with Gasteiger partial charge in [-0.25, -0.2) is 4.79 Å². The summed E-state index contributed by atoms with van der Waals surface area (Å²) < 4.78 is 4.67. The Morgan fingerprint density at radius 3 is 2.30 bits per heavy atom. The van der Waals surface area contributed by atoms with Gasteiger partial charge in [0.15, 0.2) is 6.54 Å². The van der Waals surface area contributed by atoms with Crippen LogP contribution in [0.4, 0.5) is 5.69 Å². The number of anilines is 1. The molecule has 1 fully saturated rings. The molecular weight excluding hydrogens is 382 g/mol. The molecule has 30 heavy (non-hydrogen) atoms. The highest BCUT2D eigenvalue weighted by Gasteiger charge is 2.28. The van der Waals surface area contributed by atoms with Gasteiger partial charge >= 0.3 is 5.97 Å². The molecule has 2 aromatic rings. The van der Waals surface area contributed by atoms with Crippen LogP contribution < -0.4 is 15.5 Å². The number of hydrogen-bond acceptors (Lipinski definition) is 4. The van der Waals surface area contributed by atoms with Crippen molar-refractivity contribution >= 4 is 23.5 Å². The SMILES string of the molecule is COC(=O)c1ccc(CNC(=O)C[NH+]2CCC(C(=O)Nc3ccccc3)CC2)cc1. The third-order valence-electron chi connectivity index (χ3n) is 5.38. The van der Waals surface area contributed by atoms with Crippen LogP contribution in [-0.2, 0) is 20.9 Å². The van der Waals surface area contributed by atoms with Crippen molar-refractivity contribution in [3.63, 3.8) is 0 Å². The highest BCUT2D eigenvalue weighted by molar-refractivity contribution is 5.92. The van der Waals surface area contributed by atoms with Gasteiger partial charge in [-0.05, 0) is 29.8 Å². The fourth-order valence-electron chi connectivity index (χ4n) is 3.60. The molecule has 0 saturated carbocycles. The molecule has 3 rings (SSSR count). The van der Waals surface area contributed by atoms with Gasteiger partial charge in [0.25, 0.3) is 5.91 Å². The van der Waals surface area contributed by atoms with Crippen molar-refractivity contribution in [3.05, 3.63) is 65.7 Å². The fraction of sp³-hybridized carbons (Fsp3) is 0.348. The number of rotatable bonds is 7. The van der Waals surface area contributed by atoms with Crippen molar-refractivity contribution in [2.24, 2.45) is 5.92 Å². The quantitative estimate of drug-likeness (QED) is 0.595. The molecule has 0 aromatic heterocycles. The first kappa shape index (κ1) is 21.5. The zero-order chi connectivity index (χ0) is 21.3. The van der Waals surface area contributed by atoms with E-state index in [1.807, 2.05) is 30.3 Å². The van der Waals surface area contributed by atoms with Gasteiger partial charge in [-0.15, -0.1) is 0 Å². The number of benzene rings is 2. The predicted molar refractivity (Wildman–Crippen MR) is 113 cm³/mol. The second-order valence-electron chi connectivity index (χ2n) is 7.52. The van der Waals surface area contributed by atoms with Crippen LogP contribution in [0, 0.1) is 5.92 Å². The molecule has 0 atom stereocenters. The Morgan fingerprint density at radius 2 is 1.67 bits per heavy atom. The van der Waals surface area contributed by atoms with Gasteiger partial charge in [0.05, 0.1) is 25.8 Å². The number of esters is 1. The first-order valence-electron chi connectivity index (χ1n) is 10.2. The lowest BCUT2D eigenvalue weighted by Gasteiger charge is -2.28. The fourth-order valence-corrected chi connectivity index (χ4v) is 3.60. The van der Waals surface area contributed by atoms with E-state index in [0.717, 1.165) is 37.2 Å². The molecular formula is C23H28N3O4+. The lowest BCUT2D eigenvalue weighted by atomic mass is 9.96. The van der Waals surface area contributed by atoms with Crippen molar-refractivity contribution in [1.29, 1.82) is 0 Å². The molecule has 1 saturated heterocycles. The van der Waals surface area contributed by atoms with Crippen LogP contribution in [0.15, 0.2) is 54.6 Å². The second kappa shape index (κ2) is 10.5. The van der Waals surface area contributed by atoms with Crippen molar-refractivity contribution in [2.75, 3.05) is 32.1 Å². The molecule has 3 N–H and O–H groups in total. The molecule has 0 unspecified atom stereocenters. The normalized spacial score (nSPS) is 18.3. The van der Waals surface area contributed by atoms with E-state index in [2.05, 4.69) is 15.4 Å². The van der Waals surface area contributed by atoms with E-state index in [4.69, 9.17) is 0 Å². The number of nitrogens with one attached hydrogen (secondary N) is 3. The van der Waals surface area contributed by atoms with Crippen molar-refractivity contribution in [3.8, 4) is 0 Å². The minimum absolute atomic E-state index is 0.00894. The van der Waals surface area contributed by atoms with E-state index in [9.17, 15) is 14.4 Å². The summed E-state index contributed by atoms with van der Waals surface area (Å²) in [4.78, 5) is 37.3. The van der Waals surface area contributed by atoms with Gasteiger partial charge in [-0.1, -0.05) is 30.3 Å². The molecule has 0 aliphatic carbocycles. The highest BCUT2D eigenvalue weighted by Crippen LogP contribution is 2.14. The molecule has 1 heterocycles. The first-order valence-corrected chi connectivity index (χ1v) is 10.2. The van der Waals surface area contributed by atoms with Gasteiger partial charge in [0.2, 0.25) is 5.91 Å². The second-order valence-corrected chi connectivity index (χ2v) is 7.52. The maximum Gasteiger partial charge on any atom is 0.337 e. The minimum Gasteiger partial charge on any atom is -0.465 e. The zero-order valence-electron chi connectivity index (χ0n) is 17.1. The predicted octanol–water partition coefficient (Wildman–Crippen LogP) is 1.02. The third kappa shape index (κ3) is 6.15. The number of hydrogen-bond donors (Lipinski definition) is 3. The number of carbonyl (C=O) groups excluding carboxylic acids is 3. The molecule has 7 heteroatoms. The van der Waals surface area contributed by atoms with Crippen LogP contribution in [0.5, 0.6) is 0 Å². The zero-order valence-corrected chi connectivity index (χ0v) is 17.1. The molecule has 0 radical (unpaired) electrons. The number of quaternary nitrogens is 1. The van der Waals surface area contributed by atoms with E-state index in [-0.39, 0.29) is 23.7 Å². The number of ether oxygens (including phenoxy) is 1. The molecule has 0 spiro atoms. The molecule has 2 aromatic carbocycles. The summed E-state index contributed by atoms with van der Waals surface area (Å²) in [6.07, 6.45) is 1.55. The Bertz CT molecular complexity index is 860. The topological polar surface area (TPSA) is 88.9 Å². The molecule has 0 bridgehead atoms. The highest BCUT2D eigenvalue weighted by atomic mass is 16.5. The Kier molecular flexibility index (Phi) is 7.57. The van der Waals surface area contributed by atoms with E-state index >= 15 is 0 Å². The smallest absolute Gasteiger partial charge is 0.337 e. The Labute approximate surface area is 176 Å². The summed E-state index contributed by atoms with van der Waals surface area (Å²) in [6, 6.07) is 16.4. The number of methoxy groups -OCH3 is 1. The van der Waals surface area contributed by atoms with E-state index in [1.165, 1.54) is 12.0 Å². The van der Waals surface area contributed by atoms with Gasteiger partial charge in [0.1, 0.15) is 0 Å². The number of amides is 2. The van der Waals surface area contributed by atoms with E-state index in [1.54, 1.807) is 24.3 Å². The Balaban J connectivity index is 1.37. The van der Waals surface area contributed by atoms with Crippen LogP contribution in [0.1, 0.15) is 28.8 Å². The minimum atomic E-state index is -0.380. The standard InChI is InChI=1S/C23H27N3O4/c1-30-23(29)19-9-7-17(8-10-19)15-24-21(27)16-26-13-11-18(12-14-26)22(28)25-20-5-3-2-4-6-20/h2-10,18H,11-16H2,1H3,(H,24,27)(H,25,28)/p+1. The number of carbonyl (C=O) groups is 3. The number of likely N-dealkylation sites (tertiary alicyclic amines) is 1. The average Bonchev–Trinajstić information content (AvgIpc) is 2.78. The van der Waals surface area contributed by atoms with Crippen molar-refractivity contribution in [1.82, 2.24) is 5.32 Å². The summed E-state index contributed by atoms with van der Waals surface area (Å²) in [7, 11) is 1.34. The summed E-state index contributed by atoms with van der Waals surface area (Å²) in [5.41, 5.74) is 2.22. The molecule has 1 aliphatic rings. The van der Waals surface area contributed by atoms with Gasteiger partial charge in [-0.2, -0.15) is 0 Å². The van der Waals surface area contributed by atoms with E-state index < -0.39 is 0 Å². The van der Waals surface area contributed by atoms with Crippen molar-refractivity contribution < 1.29 is 24.0 Å². The monoisotopic (exact) mass is 410 g/mol. The Morgan fingerprint density at radius 1 is 1.00 bits per heavy atom. The molecule has 2 amide bonds. The van der Waals surface area contributed by atoms with Crippen LogP contribution in [0.2, 0.25) is 0 Å². The number of piperidine rings is 1. The van der Waals surface area contributed by atoms with Crippen molar-refractivity contribution in [2.45, 2.75) is 19.4 Å². The van der Waals surface area contributed by atoms with Crippen LogP contribution in [-0.4, -0.2) is 44.5 Å². The van der Waals surface area contributed by atoms with Gasteiger partial charge in [-0.3, -0.25) is 9.59 Å². The van der Waals surface area contributed by atoms with Crippen LogP contribution >= 0.6 is 0 Å². The average molecular weight is 410 g/mol.